The van der Waals surface area contributed by atoms with E-state index in [1.807, 2.05) is 38.1 Å². The largest absolute Gasteiger partial charge is 0.573 e. The molecule has 3 aromatic rings. The van der Waals surface area contributed by atoms with Gasteiger partial charge in [-0.15, -0.1) is 13.2 Å². The fourth-order valence-electron chi connectivity index (χ4n) is 3.13. The molecule has 0 bridgehead atoms. The van der Waals surface area contributed by atoms with Crippen molar-refractivity contribution >= 4 is 22.6 Å². The number of halogens is 3. The maximum absolute atomic E-state index is 12.9. The number of hydrogen-bond donors (Lipinski definition) is 1. The van der Waals surface area contributed by atoms with Crippen LogP contribution < -0.4 is 10.1 Å². The number of hydrogen-bond acceptors (Lipinski definition) is 4. The quantitative estimate of drug-likeness (QED) is 0.648. The van der Waals surface area contributed by atoms with E-state index in [-0.39, 0.29) is 17.1 Å². The molecule has 4 rings (SSSR count). The Balaban J connectivity index is 1.94. The number of rotatable bonds is 4. The van der Waals surface area contributed by atoms with Crippen LogP contribution in [0.5, 0.6) is 5.75 Å². The number of aryl methyl sites for hydroxylation is 1. The zero-order valence-corrected chi connectivity index (χ0v) is 15.7. The van der Waals surface area contributed by atoms with Crippen molar-refractivity contribution in [3.8, 4) is 17.1 Å². The van der Waals surface area contributed by atoms with Crippen LogP contribution in [0.25, 0.3) is 22.3 Å². The number of nitrogens with one attached hydrogen (secondary N) is 1. The molecule has 1 aromatic heterocycles. The molecule has 29 heavy (non-hydrogen) atoms. The van der Waals surface area contributed by atoms with Crippen molar-refractivity contribution in [3.05, 3.63) is 59.8 Å². The summed E-state index contributed by atoms with van der Waals surface area (Å²) in [5, 5.41) is 3.79. The third kappa shape index (κ3) is 3.91. The Morgan fingerprint density at radius 3 is 2.52 bits per heavy atom. The lowest BCUT2D eigenvalue weighted by Crippen LogP contribution is -2.29. The summed E-state index contributed by atoms with van der Waals surface area (Å²) in [5.41, 5.74) is 2.73. The Morgan fingerprint density at radius 1 is 1.07 bits per heavy atom. The Hall–Kier alpha value is -3.42. The zero-order valence-electron chi connectivity index (χ0n) is 15.7. The van der Waals surface area contributed by atoms with Gasteiger partial charge in [0.25, 0.3) is 0 Å². The van der Waals surface area contributed by atoms with E-state index in [0.717, 1.165) is 16.6 Å². The van der Waals surface area contributed by atoms with Gasteiger partial charge in [0.2, 0.25) is 0 Å². The molecule has 0 radical (unpaired) electrons. The second-order valence-electron chi connectivity index (χ2n) is 6.53. The van der Waals surface area contributed by atoms with Crippen molar-refractivity contribution in [2.75, 3.05) is 0 Å². The predicted molar refractivity (Wildman–Crippen MR) is 105 cm³/mol. The van der Waals surface area contributed by atoms with Crippen LogP contribution in [0.2, 0.25) is 0 Å². The first-order valence-corrected chi connectivity index (χ1v) is 9.03. The molecule has 2 heterocycles. The van der Waals surface area contributed by atoms with Gasteiger partial charge in [0.1, 0.15) is 11.6 Å². The molecule has 0 aliphatic carbocycles. The zero-order chi connectivity index (χ0) is 20.6. The summed E-state index contributed by atoms with van der Waals surface area (Å²) in [6.45, 7) is 3.89. The van der Waals surface area contributed by atoms with E-state index in [1.165, 1.54) is 18.2 Å². The van der Waals surface area contributed by atoms with Gasteiger partial charge in [0.15, 0.2) is 11.6 Å². The molecule has 1 N–H and O–H groups in total. The molecule has 0 saturated heterocycles. The number of fused-ring (bicyclic) bond motifs is 1. The SMILES string of the molecule is CCc1cccc2c(N=C3C=C(C)N3)nc(-c3ccccc3OC(F)(F)F)nc12. The van der Waals surface area contributed by atoms with Crippen molar-refractivity contribution in [2.45, 2.75) is 26.6 Å². The number of allylic oxidation sites excluding steroid dienone is 1. The van der Waals surface area contributed by atoms with Crippen molar-refractivity contribution in [3.63, 3.8) is 0 Å². The van der Waals surface area contributed by atoms with E-state index in [9.17, 15) is 13.2 Å². The highest BCUT2D eigenvalue weighted by atomic mass is 19.4. The molecule has 0 saturated carbocycles. The molecule has 148 valence electrons. The molecular weight excluding hydrogens is 381 g/mol. The Kier molecular flexibility index (Phi) is 4.70. The van der Waals surface area contributed by atoms with Crippen LogP contribution in [0, 0.1) is 0 Å². The van der Waals surface area contributed by atoms with Crippen molar-refractivity contribution in [1.82, 2.24) is 15.3 Å². The minimum atomic E-state index is -4.82. The Bertz CT molecular complexity index is 1150. The number of amidine groups is 1. The Labute approximate surface area is 165 Å². The van der Waals surface area contributed by atoms with Gasteiger partial charge in [-0.3, -0.25) is 0 Å². The molecule has 0 amide bonds. The molecule has 0 unspecified atom stereocenters. The number of aromatic nitrogens is 2. The van der Waals surface area contributed by atoms with Crippen molar-refractivity contribution < 1.29 is 17.9 Å². The number of para-hydroxylation sites is 2. The second-order valence-corrected chi connectivity index (χ2v) is 6.53. The summed E-state index contributed by atoms with van der Waals surface area (Å²) < 4.78 is 42.7. The van der Waals surface area contributed by atoms with E-state index in [0.29, 0.717) is 23.6 Å². The number of aliphatic imine (C=N–C) groups is 1. The van der Waals surface area contributed by atoms with Gasteiger partial charge in [-0.1, -0.05) is 31.2 Å². The molecule has 1 aliphatic rings. The summed E-state index contributed by atoms with van der Waals surface area (Å²) in [4.78, 5) is 13.6. The molecule has 1 aliphatic heterocycles. The highest BCUT2D eigenvalue weighted by molar-refractivity contribution is 6.04. The molecule has 0 spiro atoms. The van der Waals surface area contributed by atoms with E-state index in [4.69, 9.17) is 0 Å². The van der Waals surface area contributed by atoms with Crippen molar-refractivity contribution in [1.29, 1.82) is 0 Å². The first kappa shape index (κ1) is 18.9. The summed E-state index contributed by atoms with van der Waals surface area (Å²) in [6, 6.07) is 11.5. The van der Waals surface area contributed by atoms with Crippen molar-refractivity contribution in [2.24, 2.45) is 4.99 Å². The lowest BCUT2D eigenvalue weighted by Gasteiger charge is -2.17. The second kappa shape index (κ2) is 7.20. The van der Waals surface area contributed by atoms with Gasteiger partial charge >= 0.3 is 6.36 Å². The summed E-state index contributed by atoms with van der Waals surface area (Å²) in [5.74, 6) is 0.783. The minimum absolute atomic E-state index is 0.123. The topological polar surface area (TPSA) is 59.4 Å². The molecule has 0 atom stereocenters. The summed E-state index contributed by atoms with van der Waals surface area (Å²) in [7, 11) is 0. The third-order valence-corrected chi connectivity index (χ3v) is 4.43. The summed E-state index contributed by atoms with van der Waals surface area (Å²) >= 11 is 0. The van der Waals surface area contributed by atoms with Gasteiger partial charge in [0, 0.05) is 11.1 Å². The lowest BCUT2D eigenvalue weighted by atomic mass is 10.1. The number of benzene rings is 2. The molecule has 0 fully saturated rings. The normalized spacial score (nSPS) is 15.1. The monoisotopic (exact) mass is 398 g/mol. The van der Waals surface area contributed by atoms with Crippen LogP contribution in [0.1, 0.15) is 19.4 Å². The molecular formula is C21H17F3N4O. The van der Waals surface area contributed by atoms with Crippen LogP contribution in [0.15, 0.2) is 59.2 Å². The fourth-order valence-corrected chi connectivity index (χ4v) is 3.13. The smallest absolute Gasteiger partial charge is 0.405 e. The number of alkyl halides is 3. The molecule has 2 aromatic carbocycles. The highest BCUT2D eigenvalue weighted by Gasteiger charge is 2.32. The molecule has 5 nitrogen and oxygen atoms in total. The standard InChI is InChI=1S/C21H17F3N4O/c1-3-13-7-6-9-15-18(13)27-19(28-20(15)26-17-11-12(2)25-17)14-8-4-5-10-16(14)29-21(22,23)24/h4-11H,3H2,1-2H3,(H,25,26,27,28). The fraction of sp³-hybridized carbons (Fsp3) is 0.190. The van der Waals surface area contributed by atoms with Crippen LogP contribution >= 0.6 is 0 Å². The predicted octanol–water partition coefficient (Wildman–Crippen LogP) is 5.29. The summed E-state index contributed by atoms with van der Waals surface area (Å²) in [6.07, 6.45) is -2.25. The number of nitrogens with zero attached hydrogens (tertiary/aromatic N) is 3. The molecule has 8 heteroatoms. The lowest BCUT2D eigenvalue weighted by molar-refractivity contribution is -0.274. The average molecular weight is 398 g/mol. The van der Waals surface area contributed by atoms with E-state index in [1.54, 1.807) is 6.07 Å². The van der Waals surface area contributed by atoms with Gasteiger partial charge in [-0.05, 0) is 43.2 Å². The maximum Gasteiger partial charge on any atom is 0.573 e. The van der Waals surface area contributed by atoms with Gasteiger partial charge < -0.3 is 10.1 Å². The highest BCUT2D eigenvalue weighted by Crippen LogP contribution is 2.35. The first-order valence-electron chi connectivity index (χ1n) is 9.03. The van der Waals surface area contributed by atoms with Crippen LogP contribution in [-0.4, -0.2) is 22.2 Å². The maximum atomic E-state index is 12.9. The average Bonchev–Trinajstić information content (AvgIpc) is 2.65. The Morgan fingerprint density at radius 2 is 1.83 bits per heavy atom. The van der Waals surface area contributed by atoms with Crippen LogP contribution in [0.3, 0.4) is 0 Å². The third-order valence-electron chi connectivity index (χ3n) is 4.43. The van der Waals surface area contributed by atoms with Gasteiger partial charge in [-0.25, -0.2) is 15.0 Å². The van der Waals surface area contributed by atoms with Crippen LogP contribution in [0.4, 0.5) is 19.0 Å². The van der Waals surface area contributed by atoms with Gasteiger partial charge in [0.05, 0.1) is 11.1 Å². The van der Waals surface area contributed by atoms with E-state index in [2.05, 4.69) is 25.0 Å². The van der Waals surface area contributed by atoms with Gasteiger partial charge in [-0.2, -0.15) is 0 Å². The van der Waals surface area contributed by atoms with Crippen LogP contribution in [-0.2, 0) is 6.42 Å². The van der Waals surface area contributed by atoms with E-state index < -0.39 is 6.36 Å². The number of ether oxygens (including phenoxy) is 1. The first-order chi connectivity index (χ1) is 13.8. The minimum Gasteiger partial charge on any atom is -0.405 e. The van der Waals surface area contributed by atoms with E-state index >= 15 is 0 Å².